The van der Waals surface area contributed by atoms with E-state index in [9.17, 15) is 9.59 Å². The summed E-state index contributed by atoms with van der Waals surface area (Å²) in [6, 6.07) is 0. The maximum Gasteiger partial charge on any atom is 0.212 e. The molecule has 0 aromatic carbocycles. The smallest absolute Gasteiger partial charge is 0.212 e. The molecule has 2 aliphatic rings. The van der Waals surface area contributed by atoms with Crippen LogP contribution in [0.25, 0.3) is 0 Å². The lowest BCUT2D eigenvalue weighted by Gasteiger charge is -2.13. The molecule has 0 radical (unpaired) electrons. The average molecular weight is 252 g/mol. The summed E-state index contributed by atoms with van der Waals surface area (Å²) < 4.78 is 11.0. The fourth-order valence-corrected chi connectivity index (χ4v) is 2.18. The third-order valence-corrected chi connectivity index (χ3v) is 3.02. The number of hydrogen-bond acceptors (Lipinski definition) is 4. The van der Waals surface area contributed by atoms with Crippen LogP contribution in [0.15, 0.2) is 11.5 Å². The summed E-state index contributed by atoms with van der Waals surface area (Å²) in [7, 11) is 0. The summed E-state index contributed by atoms with van der Waals surface area (Å²) in [5, 5.41) is 0. The molecule has 0 atom stereocenters. The van der Waals surface area contributed by atoms with Gasteiger partial charge in [-0.2, -0.15) is 0 Å². The third kappa shape index (κ3) is 2.42. The Morgan fingerprint density at radius 3 is 1.56 bits per heavy atom. The van der Waals surface area contributed by atoms with Gasteiger partial charge < -0.3 is 9.47 Å². The topological polar surface area (TPSA) is 52.6 Å². The van der Waals surface area contributed by atoms with E-state index in [0.29, 0.717) is 0 Å². The van der Waals surface area contributed by atoms with E-state index in [-0.39, 0.29) is 41.2 Å². The number of carbonyl (C=O) groups is 2. The van der Waals surface area contributed by atoms with Gasteiger partial charge in [0.2, 0.25) is 23.1 Å². The van der Waals surface area contributed by atoms with Gasteiger partial charge in [0.25, 0.3) is 0 Å². The highest BCUT2D eigenvalue weighted by molar-refractivity contribution is 6.23. The van der Waals surface area contributed by atoms with Crippen molar-refractivity contribution in [2.75, 3.05) is 0 Å². The molecule has 1 saturated carbocycles. The van der Waals surface area contributed by atoms with Gasteiger partial charge in [-0.1, -0.05) is 0 Å². The molecule has 0 N–H and O–H groups in total. The van der Waals surface area contributed by atoms with Gasteiger partial charge in [-0.15, -0.1) is 0 Å². The molecule has 18 heavy (non-hydrogen) atoms. The Kier molecular flexibility index (Phi) is 3.46. The van der Waals surface area contributed by atoms with E-state index in [2.05, 4.69) is 0 Å². The lowest BCUT2D eigenvalue weighted by Crippen LogP contribution is -2.21. The fraction of sp³-hybridized carbons (Fsp3) is 0.714. The highest BCUT2D eigenvalue weighted by Gasteiger charge is 2.51. The molecule has 0 amide bonds. The van der Waals surface area contributed by atoms with Crippen molar-refractivity contribution in [2.24, 2.45) is 11.8 Å². The lowest BCUT2D eigenvalue weighted by molar-refractivity contribution is -0.129. The highest BCUT2D eigenvalue weighted by Crippen LogP contribution is 2.44. The van der Waals surface area contributed by atoms with E-state index >= 15 is 0 Å². The van der Waals surface area contributed by atoms with Crippen LogP contribution < -0.4 is 0 Å². The van der Waals surface area contributed by atoms with Gasteiger partial charge >= 0.3 is 0 Å². The molecule has 4 heteroatoms. The fourth-order valence-electron chi connectivity index (χ4n) is 2.18. The molecule has 0 aromatic rings. The Bertz CT molecular complexity index is 370. The zero-order valence-electron chi connectivity index (χ0n) is 11.4. The minimum Gasteiger partial charge on any atom is -0.484 e. The van der Waals surface area contributed by atoms with Crippen LogP contribution >= 0.6 is 0 Å². The van der Waals surface area contributed by atoms with Crippen molar-refractivity contribution in [3.8, 4) is 0 Å². The minimum atomic E-state index is -0.549. The first-order chi connectivity index (χ1) is 8.41. The Labute approximate surface area is 107 Å². The SMILES string of the molecule is CC(C)OC1=C(OC(C)C)C(=O)C(C2CC2)C1=O. The molecule has 4 nitrogen and oxygen atoms in total. The molecular weight excluding hydrogens is 232 g/mol. The van der Waals surface area contributed by atoms with Gasteiger partial charge in [-0.3, -0.25) is 9.59 Å². The van der Waals surface area contributed by atoms with Crippen molar-refractivity contribution < 1.29 is 19.1 Å². The number of ketones is 2. The molecule has 0 unspecified atom stereocenters. The van der Waals surface area contributed by atoms with Crippen molar-refractivity contribution in [3.05, 3.63) is 11.5 Å². The minimum absolute atomic E-state index is 0.138. The quantitative estimate of drug-likeness (QED) is 0.704. The highest BCUT2D eigenvalue weighted by atomic mass is 16.5. The zero-order valence-corrected chi connectivity index (χ0v) is 11.4. The van der Waals surface area contributed by atoms with Crippen LogP contribution in [0.5, 0.6) is 0 Å². The Morgan fingerprint density at radius 1 is 0.889 bits per heavy atom. The van der Waals surface area contributed by atoms with Gasteiger partial charge in [0.15, 0.2) is 0 Å². The summed E-state index contributed by atoms with van der Waals surface area (Å²) in [6.45, 7) is 7.34. The molecule has 0 saturated heterocycles. The maximum absolute atomic E-state index is 12.2. The Balaban J connectivity index is 2.27. The van der Waals surface area contributed by atoms with Crippen molar-refractivity contribution in [1.29, 1.82) is 0 Å². The van der Waals surface area contributed by atoms with Gasteiger partial charge in [-0.05, 0) is 46.5 Å². The van der Waals surface area contributed by atoms with Crippen LogP contribution in [0.4, 0.5) is 0 Å². The third-order valence-electron chi connectivity index (χ3n) is 3.02. The molecular formula is C14H20O4. The normalized spacial score (nSPS) is 21.4. The Hall–Kier alpha value is -1.32. The van der Waals surface area contributed by atoms with Crippen molar-refractivity contribution >= 4 is 11.6 Å². The summed E-state index contributed by atoms with van der Waals surface area (Å²) >= 11 is 0. The summed E-state index contributed by atoms with van der Waals surface area (Å²) in [5.41, 5.74) is 0. The lowest BCUT2D eigenvalue weighted by atomic mass is 9.99. The number of allylic oxidation sites excluding steroid dienone is 2. The van der Waals surface area contributed by atoms with E-state index < -0.39 is 5.92 Å². The summed E-state index contributed by atoms with van der Waals surface area (Å²) in [6.07, 6.45) is 1.62. The molecule has 0 spiro atoms. The van der Waals surface area contributed by atoms with Crippen LogP contribution in [0, 0.1) is 11.8 Å². The maximum atomic E-state index is 12.2. The van der Waals surface area contributed by atoms with Crippen molar-refractivity contribution in [1.82, 2.24) is 0 Å². The first kappa shape index (κ1) is 13.1. The second-order valence-corrected chi connectivity index (χ2v) is 5.54. The predicted octanol–water partition coefficient (Wildman–Crippen LogP) is 2.23. The van der Waals surface area contributed by atoms with Crippen molar-refractivity contribution in [2.45, 2.75) is 52.7 Å². The van der Waals surface area contributed by atoms with E-state index in [1.54, 1.807) is 0 Å². The molecule has 2 rings (SSSR count). The molecule has 1 fully saturated rings. The van der Waals surface area contributed by atoms with Crippen LogP contribution in [0.3, 0.4) is 0 Å². The second kappa shape index (κ2) is 4.75. The van der Waals surface area contributed by atoms with Crippen LogP contribution in [0.2, 0.25) is 0 Å². The van der Waals surface area contributed by atoms with Crippen LogP contribution in [0.1, 0.15) is 40.5 Å². The van der Waals surface area contributed by atoms with E-state index in [1.807, 2.05) is 27.7 Å². The average Bonchev–Trinajstić information content (AvgIpc) is 3.03. The van der Waals surface area contributed by atoms with Crippen LogP contribution in [-0.2, 0) is 19.1 Å². The predicted molar refractivity (Wildman–Crippen MR) is 65.7 cm³/mol. The summed E-state index contributed by atoms with van der Waals surface area (Å²) in [4.78, 5) is 24.5. The van der Waals surface area contributed by atoms with E-state index in [1.165, 1.54) is 0 Å². The van der Waals surface area contributed by atoms with Gasteiger partial charge in [0.1, 0.15) is 0 Å². The van der Waals surface area contributed by atoms with Gasteiger partial charge in [0.05, 0.1) is 18.1 Å². The molecule has 0 bridgehead atoms. The second-order valence-electron chi connectivity index (χ2n) is 5.54. The number of ether oxygens (including phenoxy) is 2. The standard InChI is InChI=1S/C14H20O4/c1-7(2)17-13-11(15)10(9-5-6-9)12(16)14(13)18-8(3)4/h7-10H,5-6H2,1-4H3. The largest absolute Gasteiger partial charge is 0.484 e. The van der Waals surface area contributed by atoms with Gasteiger partial charge in [-0.25, -0.2) is 0 Å². The summed E-state index contributed by atoms with van der Waals surface area (Å²) in [5.74, 6) is -0.448. The molecule has 2 aliphatic carbocycles. The first-order valence-electron chi connectivity index (χ1n) is 6.57. The first-order valence-corrected chi connectivity index (χ1v) is 6.57. The van der Waals surface area contributed by atoms with Crippen molar-refractivity contribution in [3.63, 3.8) is 0 Å². The van der Waals surface area contributed by atoms with Gasteiger partial charge in [0, 0.05) is 0 Å². The van der Waals surface area contributed by atoms with Crippen LogP contribution in [-0.4, -0.2) is 23.8 Å². The monoisotopic (exact) mass is 252 g/mol. The zero-order chi connectivity index (χ0) is 13.4. The molecule has 0 aliphatic heterocycles. The number of hydrogen-bond donors (Lipinski definition) is 0. The number of carbonyl (C=O) groups excluding carboxylic acids is 2. The molecule has 0 aromatic heterocycles. The molecule has 100 valence electrons. The van der Waals surface area contributed by atoms with E-state index in [0.717, 1.165) is 12.8 Å². The number of Topliss-reactive ketones (excluding diaryl/α,β-unsaturated/α-hetero) is 2. The number of rotatable bonds is 5. The van der Waals surface area contributed by atoms with E-state index in [4.69, 9.17) is 9.47 Å². The Morgan fingerprint density at radius 2 is 1.28 bits per heavy atom. The molecule has 0 heterocycles.